The lowest BCUT2D eigenvalue weighted by Gasteiger charge is -2.40. The maximum atomic E-state index is 2.58. The van der Waals surface area contributed by atoms with Crippen molar-refractivity contribution in [3.8, 4) is 0 Å². The number of benzene rings is 1. The van der Waals surface area contributed by atoms with Crippen molar-refractivity contribution in [2.75, 3.05) is 0 Å². The molecule has 0 saturated heterocycles. The summed E-state index contributed by atoms with van der Waals surface area (Å²) in [5.41, 5.74) is 5.15. The van der Waals surface area contributed by atoms with Crippen LogP contribution < -0.4 is 0 Å². The summed E-state index contributed by atoms with van der Waals surface area (Å²) >= 11 is 0. The summed E-state index contributed by atoms with van der Waals surface area (Å²) in [6.45, 7) is 19.1. The second kappa shape index (κ2) is 6.99. The van der Waals surface area contributed by atoms with E-state index in [-0.39, 0.29) is 10.8 Å². The van der Waals surface area contributed by atoms with Crippen LogP contribution in [0, 0.1) is 23.7 Å². The van der Waals surface area contributed by atoms with E-state index in [0.717, 1.165) is 29.6 Å². The fourth-order valence-corrected chi connectivity index (χ4v) is 5.72. The van der Waals surface area contributed by atoms with Crippen molar-refractivity contribution in [2.24, 2.45) is 23.7 Å². The molecule has 0 nitrogen and oxygen atoms in total. The molecule has 0 amide bonds. The van der Waals surface area contributed by atoms with Crippen LogP contribution in [0.1, 0.15) is 110 Å². The first-order valence-electron chi connectivity index (χ1n) is 11.1. The fourth-order valence-electron chi connectivity index (χ4n) is 5.72. The van der Waals surface area contributed by atoms with Gasteiger partial charge in [-0.1, -0.05) is 80.0 Å². The van der Waals surface area contributed by atoms with Crippen molar-refractivity contribution in [3.63, 3.8) is 0 Å². The molecule has 2 aliphatic rings. The Bertz CT molecular complexity index is 592. The molecule has 0 heteroatoms. The molecular formula is C26H42. The van der Waals surface area contributed by atoms with Crippen LogP contribution in [0.15, 0.2) is 18.2 Å². The Morgan fingerprint density at radius 2 is 1.38 bits per heavy atom. The molecule has 0 radical (unpaired) electrons. The molecule has 26 heavy (non-hydrogen) atoms. The first-order valence-corrected chi connectivity index (χ1v) is 11.1. The second-order valence-electron chi connectivity index (χ2n) is 11.7. The molecule has 2 aliphatic carbocycles. The second-order valence-corrected chi connectivity index (χ2v) is 11.7. The minimum Gasteiger partial charge on any atom is -0.0651 e. The molecule has 2 saturated carbocycles. The molecule has 0 bridgehead atoms. The number of fused-ring (bicyclic) bond motifs is 1. The Morgan fingerprint density at radius 1 is 0.808 bits per heavy atom. The average Bonchev–Trinajstić information content (AvgIpc) is 2.91. The van der Waals surface area contributed by atoms with Gasteiger partial charge in [0.25, 0.3) is 0 Å². The summed E-state index contributed by atoms with van der Waals surface area (Å²) in [6.07, 6.45) is 7.20. The molecule has 0 aromatic heterocycles. The van der Waals surface area contributed by atoms with E-state index in [1.165, 1.54) is 43.2 Å². The van der Waals surface area contributed by atoms with Gasteiger partial charge in [0.15, 0.2) is 0 Å². The van der Waals surface area contributed by atoms with E-state index in [1.54, 1.807) is 5.56 Å². The zero-order valence-electron chi connectivity index (χ0n) is 18.7. The van der Waals surface area contributed by atoms with Crippen LogP contribution in [0.2, 0.25) is 0 Å². The molecule has 2 fully saturated rings. The smallest absolute Gasteiger partial charge is 0.0128 e. The van der Waals surface area contributed by atoms with E-state index in [9.17, 15) is 0 Å². The van der Waals surface area contributed by atoms with Crippen molar-refractivity contribution in [2.45, 2.75) is 104 Å². The quantitative estimate of drug-likeness (QED) is 0.507. The van der Waals surface area contributed by atoms with Crippen LogP contribution in [-0.4, -0.2) is 0 Å². The average molecular weight is 355 g/mol. The SMILES string of the molecule is CCC1CC2CC(C)CC2C(c2cc(C(C)(C)C)cc(C(C)(C)C)c2)C1. The van der Waals surface area contributed by atoms with Gasteiger partial charge in [-0.2, -0.15) is 0 Å². The third-order valence-electron chi connectivity index (χ3n) is 7.42. The van der Waals surface area contributed by atoms with Crippen molar-refractivity contribution in [3.05, 3.63) is 34.9 Å². The Morgan fingerprint density at radius 3 is 1.88 bits per heavy atom. The molecule has 5 unspecified atom stereocenters. The maximum Gasteiger partial charge on any atom is -0.0128 e. The van der Waals surface area contributed by atoms with E-state index in [4.69, 9.17) is 0 Å². The third kappa shape index (κ3) is 4.05. The molecule has 0 heterocycles. The standard InChI is InChI=1S/C26H42/c1-9-18-12-19-10-17(2)11-23(19)24(13-18)20-14-21(25(3,4)5)16-22(15-20)26(6,7)8/h14-19,23-24H,9-13H2,1-8H3. The van der Waals surface area contributed by atoms with Crippen LogP contribution in [-0.2, 0) is 10.8 Å². The van der Waals surface area contributed by atoms with E-state index in [0.29, 0.717) is 0 Å². The van der Waals surface area contributed by atoms with Gasteiger partial charge in [0, 0.05) is 0 Å². The van der Waals surface area contributed by atoms with Crippen LogP contribution in [0.25, 0.3) is 0 Å². The van der Waals surface area contributed by atoms with Gasteiger partial charge >= 0.3 is 0 Å². The molecule has 0 aliphatic heterocycles. The van der Waals surface area contributed by atoms with E-state index in [1.807, 2.05) is 0 Å². The van der Waals surface area contributed by atoms with Crippen molar-refractivity contribution in [1.82, 2.24) is 0 Å². The topological polar surface area (TPSA) is 0 Å². The van der Waals surface area contributed by atoms with Gasteiger partial charge in [0.2, 0.25) is 0 Å². The first kappa shape index (κ1) is 20.0. The van der Waals surface area contributed by atoms with Crippen molar-refractivity contribution >= 4 is 0 Å². The summed E-state index contributed by atoms with van der Waals surface area (Å²) in [4.78, 5) is 0. The summed E-state index contributed by atoms with van der Waals surface area (Å²) in [6, 6.07) is 7.65. The highest BCUT2D eigenvalue weighted by atomic mass is 14.5. The molecule has 0 N–H and O–H groups in total. The predicted octanol–water partition coefficient (Wildman–Crippen LogP) is 7.85. The van der Waals surface area contributed by atoms with Gasteiger partial charge in [0.05, 0.1) is 0 Å². The highest BCUT2D eigenvalue weighted by Crippen LogP contribution is 2.54. The van der Waals surface area contributed by atoms with Crippen LogP contribution in [0.3, 0.4) is 0 Å². The molecule has 1 aromatic carbocycles. The largest absolute Gasteiger partial charge is 0.0651 e. The zero-order valence-corrected chi connectivity index (χ0v) is 18.7. The Balaban J connectivity index is 2.05. The van der Waals surface area contributed by atoms with E-state index >= 15 is 0 Å². The highest BCUT2D eigenvalue weighted by molar-refractivity contribution is 5.39. The van der Waals surface area contributed by atoms with Crippen LogP contribution in [0.5, 0.6) is 0 Å². The predicted molar refractivity (Wildman–Crippen MR) is 115 cm³/mol. The summed E-state index contributed by atoms with van der Waals surface area (Å²) in [7, 11) is 0. The third-order valence-corrected chi connectivity index (χ3v) is 7.42. The minimum atomic E-state index is 0.219. The number of hydrogen-bond acceptors (Lipinski definition) is 0. The molecular weight excluding hydrogens is 312 g/mol. The van der Waals surface area contributed by atoms with Crippen molar-refractivity contribution < 1.29 is 0 Å². The molecule has 1 aromatic rings. The van der Waals surface area contributed by atoms with Gasteiger partial charge in [0.1, 0.15) is 0 Å². The highest BCUT2D eigenvalue weighted by Gasteiger charge is 2.43. The first-order chi connectivity index (χ1) is 12.0. The van der Waals surface area contributed by atoms with Crippen molar-refractivity contribution in [1.29, 1.82) is 0 Å². The minimum absolute atomic E-state index is 0.219. The van der Waals surface area contributed by atoms with Gasteiger partial charge < -0.3 is 0 Å². The Labute approximate surface area is 163 Å². The summed E-state index contributed by atoms with van der Waals surface area (Å²) < 4.78 is 0. The normalized spacial score (nSPS) is 32.5. The monoisotopic (exact) mass is 354 g/mol. The molecule has 5 atom stereocenters. The molecule has 0 spiro atoms. The Hall–Kier alpha value is -0.780. The lowest BCUT2D eigenvalue weighted by Crippen LogP contribution is -2.29. The molecule has 146 valence electrons. The Kier molecular flexibility index (Phi) is 5.37. The number of hydrogen-bond donors (Lipinski definition) is 0. The molecule has 3 rings (SSSR count). The summed E-state index contributed by atoms with van der Waals surface area (Å²) in [5.74, 6) is 4.55. The lowest BCUT2D eigenvalue weighted by atomic mass is 9.65. The summed E-state index contributed by atoms with van der Waals surface area (Å²) in [5, 5.41) is 0. The van der Waals surface area contributed by atoms with Crippen LogP contribution >= 0.6 is 0 Å². The fraction of sp³-hybridized carbons (Fsp3) is 0.769. The van der Waals surface area contributed by atoms with Gasteiger partial charge in [-0.25, -0.2) is 0 Å². The number of rotatable bonds is 2. The van der Waals surface area contributed by atoms with Crippen LogP contribution in [0.4, 0.5) is 0 Å². The van der Waals surface area contributed by atoms with E-state index in [2.05, 4.69) is 73.6 Å². The van der Waals surface area contributed by atoms with Gasteiger partial charge in [-0.15, -0.1) is 0 Å². The van der Waals surface area contributed by atoms with Gasteiger partial charge in [-0.05, 0) is 82.8 Å². The van der Waals surface area contributed by atoms with E-state index < -0.39 is 0 Å². The zero-order chi connectivity index (χ0) is 19.3. The maximum absolute atomic E-state index is 2.58. The lowest BCUT2D eigenvalue weighted by molar-refractivity contribution is 0.173. The van der Waals surface area contributed by atoms with Gasteiger partial charge in [-0.3, -0.25) is 0 Å².